The highest BCUT2D eigenvalue weighted by Crippen LogP contribution is 2.57. The van der Waals surface area contributed by atoms with Crippen molar-refractivity contribution in [3.05, 3.63) is 59.4 Å². The highest BCUT2D eigenvalue weighted by molar-refractivity contribution is 5.78. The van der Waals surface area contributed by atoms with Crippen LogP contribution in [0.3, 0.4) is 0 Å². The molecule has 4 atom stereocenters. The molecule has 34 heavy (non-hydrogen) atoms. The van der Waals surface area contributed by atoms with Gasteiger partial charge in [0.2, 0.25) is 5.91 Å². The second-order valence-corrected chi connectivity index (χ2v) is 11.1. The summed E-state index contributed by atoms with van der Waals surface area (Å²) >= 11 is 0. The number of phenolic OH excluding ortho intramolecular Hbond substituents is 1. The van der Waals surface area contributed by atoms with Gasteiger partial charge in [-0.05, 0) is 93.3 Å². The molecule has 3 heterocycles. The summed E-state index contributed by atoms with van der Waals surface area (Å²) in [5.74, 6) is 1.09. The van der Waals surface area contributed by atoms with Crippen LogP contribution in [0.4, 0.5) is 0 Å². The van der Waals surface area contributed by atoms with E-state index < -0.39 is 11.0 Å². The average Bonchev–Trinajstić information content (AvgIpc) is 3.63. The molecule has 4 unspecified atom stereocenters. The third-order valence-corrected chi connectivity index (χ3v) is 9.16. The molecule has 1 aromatic carbocycles. The number of fused-ring (bicyclic) bond motifs is 1. The maximum atomic E-state index is 13.4. The number of nitrogens with zero attached hydrogens (tertiary/aromatic N) is 3. The largest absolute Gasteiger partial charge is 0.508 e. The molecule has 6 heteroatoms. The molecule has 1 amide bonds. The van der Waals surface area contributed by atoms with Crippen LogP contribution >= 0.6 is 0 Å². The predicted octanol–water partition coefficient (Wildman–Crippen LogP) is 3.05. The van der Waals surface area contributed by atoms with Crippen LogP contribution in [0.1, 0.15) is 55.8 Å². The number of hydrogen-bond acceptors (Lipinski definition) is 5. The molecule has 2 N–H and O–H groups in total. The third-order valence-electron chi connectivity index (χ3n) is 9.16. The normalized spacial score (nSPS) is 33.1. The van der Waals surface area contributed by atoms with Crippen LogP contribution in [-0.2, 0) is 23.1 Å². The lowest BCUT2D eigenvalue weighted by molar-refractivity contribution is -0.153. The molecule has 1 aromatic heterocycles. The van der Waals surface area contributed by atoms with Gasteiger partial charge in [-0.2, -0.15) is 0 Å². The highest BCUT2D eigenvalue weighted by atomic mass is 16.3. The predicted molar refractivity (Wildman–Crippen MR) is 129 cm³/mol. The minimum absolute atomic E-state index is 0.0483. The van der Waals surface area contributed by atoms with E-state index in [0.717, 1.165) is 43.1 Å². The average molecular weight is 462 g/mol. The van der Waals surface area contributed by atoms with Crippen molar-refractivity contribution in [1.82, 2.24) is 14.8 Å². The van der Waals surface area contributed by atoms with Crippen molar-refractivity contribution in [2.45, 2.75) is 75.0 Å². The molecule has 6 rings (SSSR count). The van der Waals surface area contributed by atoms with Crippen LogP contribution in [0.15, 0.2) is 42.6 Å². The number of hydrogen-bond donors (Lipinski definition) is 2. The number of carbonyl (C=O) groups is 1. The minimum Gasteiger partial charge on any atom is -0.508 e. The van der Waals surface area contributed by atoms with E-state index in [1.807, 2.05) is 29.2 Å². The summed E-state index contributed by atoms with van der Waals surface area (Å²) in [7, 11) is 0. The van der Waals surface area contributed by atoms with Crippen molar-refractivity contribution in [1.29, 1.82) is 0 Å². The van der Waals surface area contributed by atoms with Crippen LogP contribution in [0.5, 0.6) is 5.75 Å². The Morgan fingerprint density at radius 2 is 2.00 bits per heavy atom. The van der Waals surface area contributed by atoms with Gasteiger partial charge in [0.05, 0.1) is 12.0 Å². The molecular weight excluding hydrogens is 426 g/mol. The van der Waals surface area contributed by atoms with Crippen LogP contribution in [0, 0.1) is 5.92 Å². The van der Waals surface area contributed by atoms with Crippen LogP contribution in [-0.4, -0.2) is 68.2 Å². The monoisotopic (exact) mass is 461 g/mol. The second kappa shape index (κ2) is 8.06. The number of phenols is 1. The number of aliphatic hydroxyl groups is 1. The zero-order valence-electron chi connectivity index (χ0n) is 20.0. The lowest BCUT2D eigenvalue weighted by Crippen LogP contribution is -2.71. The van der Waals surface area contributed by atoms with Crippen molar-refractivity contribution >= 4 is 5.91 Å². The number of benzene rings is 1. The summed E-state index contributed by atoms with van der Waals surface area (Å²) in [5.41, 5.74) is 1.75. The van der Waals surface area contributed by atoms with E-state index in [2.05, 4.69) is 22.9 Å². The molecule has 0 radical (unpaired) electrons. The molecular formula is C28H35N3O3. The fourth-order valence-electron chi connectivity index (χ4n) is 7.27. The number of amides is 1. The van der Waals surface area contributed by atoms with Gasteiger partial charge >= 0.3 is 0 Å². The van der Waals surface area contributed by atoms with E-state index in [1.165, 1.54) is 18.4 Å². The van der Waals surface area contributed by atoms with Gasteiger partial charge in [-0.3, -0.25) is 14.7 Å². The molecule has 2 bridgehead atoms. The third kappa shape index (κ3) is 3.45. The van der Waals surface area contributed by atoms with Crippen LogP contribution < -0.4 is 0 Å². The fraction of sp³-hybridized carbons (Fsp3) is 0.571. The van der Waals surface area contributed by atoms with Gasteiger partial charge in [-0.25, -0.2) is 0 Å². The smallest absolute Gasteiger partial charge is 0.228 e. The maximum Gasteiger partial charge on any atom is 0.228 e. The summed E-state index contributed by atoms with van der Waals surface area (Å²) in [4.78, 5) is 22.3. The molecule has 180 valence electrons. The van der Waals surface area contributed by atoms with Gasteiger partial charge in [0.25, 0.3) is 0 Å². The highest BCUT2D eigenvalue weighted by Gasteiger charge is 2.64. The Hall–Kier alpha value is -2.44. The maximum absolute atomic E-state index is 13.4. The lowest BCUT2D eigenvalue weighted by Gasteiger charge is -2.61. The zero-order chi connectivity index (χ0) is 23.5. The summed E-state index contributed by atoms with van der Waals surface area (Å²) in [6, 6.07) is 11.4. The molecule has 4 aliphatic rings. The van der Waals surface area contributed by atoms with Gasteiger partial charge in [0.1, 0.15) is 5.75 Å². The van der Waals surface area contributed by atoms with Crippen LogP contribution in [0.25, 0.3) is 0 Å². The number of piperidine rings is 1. The topological polar surface area (TPSA) is 76.9 Å². The quantitative estimate of drug-likeness (QED) is 0.732. The molecule has 1 saturated carbocycles. The number of aromatic hydroxyl groups is 1. The van der Waals surface area contributed by atoms with Gasteiger partial charge < -0.3 is 15.1 Å². The molecule has 2 aliphatic carbocycles. The molecule has 2 aromatic rings. The minimum atomic E-state index is -0.930. The fourth-order valence-corrected chi connectivity index (χ4v) is 7.27. The Labute approximate surface area is 201 Å². The summed E-state index contributed by atoms with van der Waals surface area (Å²) < 4.78 is 0. The number of pyridine rings is 1. The van der Waals surface area contributed by atoms with E-state index in [4.69, 9.17) is 0 Å². The van der Waals surface area contributed by atoms with Gasteiger partial charge in [-0.1, -0.05) is 12.1 Å². The number of carbonyl (C=O) groups excluding carboxylic acids is 1. The number of aromatic nitrogens is 1. The van der Waals surface area contributed by atoms with Crippen molar-refractivity contribution in [2.24, 2.45) is 5.92 Å². The molecule has 2 saturated heterocycles. The molecule has 0 spiro atoms. The Morgan fingerprint density at radius 3 is 2.76 bits per heavy atom. The van der Waals surface area contributed by atoms with Crippen LogP contribution in [0.2, 0.25) is 0 Å². The summed E-state index contributed by atoms with van der Waals surface area (Å²) in [5, 5.41) is 23.1. The van der Waals surface area contributed by atoms with Gasteiger partial charge in [0.15, 0.2) is 0 Å². The molecule has 6 nitrogen and oxygen atoms in total. The Kier molecular flexibility index (Phi) is 5.23. The van der Waals surface area contributed by atoms with Crippen molar-refractivity contribution < 1.29 is 15.0 Å². The number of rotatable bonds is 4. The standard InChI is InChI=1S/C28H35N3O3/c1-19-17-28(34)25-14-21-7-8-23(32)16-24(21)27(28,9-12-30(25)18-20-5-6-20)10-13-31(19)26(33)15-22-4-2-3-11-29-22/h2-4,7-8,11,16,19-20,25,32,34H,5-6,9-10,12-15,17-18H2,1H3. The van der Waals surface area contributed by atoms with E-state index in [-0.39, 0.29) is 30.2 Å². The first-order chi connectivity index (χ1) is 16.4. The Bertz CT molecular complexity index is 1090. The first-order valence-corrected chi connectivity index (χ1v) is 12.9. The first kappa shape index (κ1) is 22.1. The first-order valence-electron chi connectivity index (χ1n) is 12.9. The van der Waals surface area contributed by atoms with E-state index >= 15 is 0 Å². The van der Waals surface area contributed by atoms with E-state index in [0.29, 0.717) is 19.4 Å². The summed E-state index contributed by atoms with van der Waals surface area (Å²) in [6.45, 7) is 4.73. The number of likely N-dealkylation sites (tertiary alicyclic amines) is 2. The van der Waals surface area contributed by atoms with Gasteiger partial charge in [-0.15, -0.1) is 0 Å². The second-order valence-electron chi connectivity index (χ2n) is 11.1. The summed E-state index contributed by atoms with van der Waals surface area (Å²) in [6.07, 6.45) is 7.53. The van der Waals surface area contributed by atoms with E-state index in [1.54, 1.807) is 12.3 Å². The van der Waals surface area contributed by atoms with Crippen molar-refractivity contribution in [3.63, 3.8) is 0 Å². The van der Waals surface area contributed by atoms with Crippen molar-refractivity contribution in [2.75, 3.05) is 19.6 Å². The molecule has 2 aliphatic heterocycles. The Balaban J connectivity index is 1.37. The van der Waals surface area contributed by atoms with E-state index in [9.17, 15) is 15.0 Å². The zero-order valence-corrected chi connectivity index (χ0v) is 20.0. The molecule has 3 fully saturated rings. The van der Waals surface area contributed by atoms with Crippen molar-refractivity contribution in [3.8, 4) is 5.75 Å². The lowest BCUT2D eigenvalue weighted by atomic mass is 9.52. The van der Waals surface area contributed by atoms with Gasteiger partial charge in [0, 0.05) is 42.5 Å². The Morgan fingerprint density at radius 1 is 1.18 bits per heavy atom. The SMILES string of the molecule is CC1CC2(O)C3Cc4ccc(O)cc4C2(CCN3CC2CC2)CCN1C(=O)Cc1ccccn1.